The van der Waals surface area contributed by atoms with Gasteiger partial charge in [-0.1, -0.05) is 0 Å². The summed E-state index contributed by atoms with van der Waals surface area (Å²) in [5.74, 6) is 0. The molecule has 0 atom stereocenters. The first-order chi connectivity index (χ1) is 8.54. The monoisotopic (exact) mass is 286 g/mol. The lowest BCUT2D eigenvalue weighted by molar-refractivity contribution is 0.581. The van der Waals surface area contributed by atoms with Crippen LogP contribution >= 0.6 is 11.3 Å². The standard InChI is InChI=1S/C12H18N2O2S2/c1-8-12(18(15,16)14-10-4-5-10)6-11(17-8)7-13-9-2-3-9/h6,9-10,13-14H,2-5,7H2,1H3. The van der Waals surface area contributed by atoms with Gasteiger partial charge in [-0.3, -0.25) is 0 Å². The van der Waals surface area contributed by atoms with E-state index in [4.69, 9.17) is 0 Å². The van der Waals surface area contributed by atoms with Crippen LogP contribution in [0, 0.1) is 6.92 Å². The molecule has 100 valence electrons. The van der Waals surface area contributed by atoms with Gasteiger partial charge in [0.1, 0.15) is 0 Å². The quantitative estimate of drug-likeness (QED) is 0.837. The summed E-state index contributed by atoms with van der Waals surface area (Å²) in [7, 11) is -3.30. The highest BCUT2D eigenvalue weighted by atomic mass is 32.2. The average Bonchev–Trinajstić information content (AvgIpc) is 3.18. The average molecular weight is 286 g/mol. The molecule has 0 amide bonds. The van der Waals surface area contributed by atoms with Gasteiger partial charge in [-0.15, -0.1) is 11.3 Å². The van der Waals surface area contributed by atoms with Crippen LogP contribution in [0.4, 0.5) is 0 Å². The summed E-state index contributed by atoms with van der Waals surface area (Å²) in [4.78, 5) is 2.46. The van der Waals surface area contributed by atoms with Gasteiger partial charge in [-0.05, 0) is 38.7 Å². The zero-order valence-corrected chi connectivity index (χ0v) is 12.0. The van der Waals surface area contributed by atoms with Crippen molar-refractivity contribution in [1.82, 2.24) is 10.0 Å². The predicted molar refractivity (Wildman–Crippen MR) is 72.3 cm³/mol. The summed E-state index contributed by atoms with van der Waals surface area (Å²) in [6, 6.07) is 2.64. The number of hydrogen-bond donors (Lipinski definition) is 2. The molecule has 1 heterocycles. The van der Waals surface area contributed by atoms with Crippen molar-refractivity contribution in [1.29, 1.82) is 0 Å². The van der Waals surface area contributed by atoms with E-state index in [1.165, 1.54) is 12.8 Å². The van der Waals surface area contributed by atoms with Gasteiger partial charge in [0.25, 0.3) is 0 Å². The first kappa shape index (κ1) is 12.6. The molecule has 0 unspecified atom stereocenters. The molecule has 4 nitrogen and oxygen atoms in total. The lowest BCUT2D eigenvalue weighted by Crippen LogP contribution is -2.25. The van der Waals surface area contributed by atoms with Crippen LogP contribution in [0.25, 0.3) is 0 Å². The van der Waals surface area contributed by atoms with Gasteiger partial charge < -0.3 is 5.32 Å². The van der Waals surface area contributed by atoms with Crippen molar-refractivity contribution < 1.29 is 8.42 Å². The second kappa shape index (κ2) is 4.59. The second-order valence-electron chi connectivity index (χ2n) is 5.18. The summed E-state index contributed by atoms with van der Waals surface area (Å²) < 4.78 is 27.0. The van der Waals surface area contributed by atoms with Crippen LogP contribution < -0.4 is 10.0 Å². The number of rotatable bonds is 6. The van der Waals surface area contributed by atoms with E-state index >= 15 is 0 Å². The summed E-state index contributed by atoms with van der Waals surface area (Å²) >= 11 is 1.58. The molecule has 2 aliphatic rings. The van der Waals surface area contributed by atoms with Gasteiger partial charge >= 0.3 is 0 Å². The SMILES string of the molecule is Cc1sc(CNC2CC2)cc1S(=O)(=O)NC1CC1. The lowest BCUT2D eigenvalue weighted by Gasteiger charge is -2.03. The summed E-state index contributed by atoms with van der Waals surface area (Å²) in [5, 5.41) is 3.41. The third-order valence-corrected chi connectivity index (χ3v) is 6.08. The molecule has 0 bridgehead atoms. The lowest BCUT2D eigenvalue weighted by atomic mass is 10.4. The molecule has 3 rings (SSSR count). The molecule has 1 aromatic rings. The fourth-order valence-electron chi connectivity index (χ4n) is 1.89. The van der Waals surface area contributed by atoms with E-state index in [0.717, 1.165) is 29.1 Å². The number of sulfonamides is 1. The Labute approximate surface area is 112 Å². The minimum Gasteiger partial charge on any atom is -0.309 e. The fraction of sp³-hybridized carbons (Fsp3) is 0.667. The van der Waals surface area contributed by atoms with E-state index in [9.17, 15) is 8.42 Å². The molecule has 1 aromatic heterocycles. The summed E-state index contributed by atoms with van der Waals surface area (Å²) in [5.41, 5.74) is 0. The molecule has 2 N–H and O–H groups in total. The Morgan fingerprint density at radius 2 is 1.94 bits per heavy atom. The zero-order valence-electron chi connectivity index (χ0n) is 10.4. The van der Waals surface area contributed by atoms with Gasteiger partial charge in [0.2, 0.25) is 10.0 Å². The van der Waals surface area contributed by atoms with Crippen LogP contribution in [0.1, 0.15) is 35.4 Å². The van der Waals surface area contributed by atoms with Crippen molar-refractivity contribution in [2.24, 2.45) is 0 Å². The highest BCUT2D eigenvalue weighted by Crippen LogP contribution is 2.29. The minimum absolute atomic E-state index is 0.169. The maximum atomic E-state index is 12.1. The molecule has 6 heteroatoms. The maximum absolute atomic E-state index is 12.1. The fourth-order valence-corrected chi connectivity index (χ4v) is 4.79. The van der Waals surface area contributed by atoms with E-state index in [2.05, 4.69) is 10.0 Å². The smallest absolute Gasteiger partial charge is 0.241 e. The molecule has 0 radical (unpaired) electrons. The molecule has 0 saturated heterocycles. The van der Waals surface area contributed by atoms with E-state index in [1.54, 1.807) is 11.3 Å². The van der Waals surface area contributed by atoms with Crippen molar-refractivity contribution in [3.05, 3.63) is 15.8 Å². The number of hydrogen-bond acceptors (Lipinski definition) is 4. The molecule has 0 spiro atoms. The first-order valence-electron chi connectivity index (χ1n) is 6.39. The summed E-state index contributed by atoms with van der Waals surface area (Å²) in [6.45, 7) is 2.67. The Bertz CT molecular complexity index is 542. The molecule has 2 saturated carbocycles. The molecule has 0 aromatic carbocycles. The van der Waals surface area contributed by atoms with Crippen molar-refractivity contribution in [3.63, 3.8) is 0 Å². The van der Waals surface area contributed by atoms with E-state index < -0.39 is 10.0 Å². The van der Waals surface area contributed by atoms with Crippen LogP contribution in [-0.2, 0) is 16.6 Å². The minimum atomic E-state index is -3.30. The largest absolute Gasteiger partial charge is 0.309 e. The van der Waals surface area contributed by atoms with Crippen LogP contribution in [0.5, 0.6) is 0 Å². The summed E-state index contributed by atoms with van der Waals surface area (Å²) in [6.07, 6.45) is 4.44. The number of aryl methyl sites for hydroxylation is 1. The zero-order chi connectivity index (χ0) is 12.8. The van der Waals surface area contributed by atoms with Crippen LogP contribution in [0.15, 0.2) is 11.0 Å². The van der Waals surface area contributed by atoms with Crippen molar-refractivity contribution >= 4 is 21.4 Å². The Morgan fingerprint density at radius 1 is 1.28 bits per heavy atom. The Kier molecular flexibility index (Phi) is 3.21. The maximum Gasteiger partial charge on any atom is 0.241 e. The van der Waals surface area contributed by atoms with Crippen molar-refractivity contribution in [2.45, 2.75) is 56.1 Å². The predicted octanol–water partition coefficient (Wildman–Crippen LogP) is 1.75. The first-order valence-corrected chi connectivity index (χ1v) is 8.69. The molecular weight excluding hydrogens is 268 g/mol. The van der Waals surface area contributed by atoms with Crippen molar-refractivity contribution in [3.8, 4) is 0 Å². The van der Waals surface area contributed by atoms with Gasteiger partial charge in [0.15, 0.2) is 0 Å². The molecule has 2 aliphatic carbocycles. The third-order valence-electron chi connectivity index (χ3n) is 3.25. The Balaban J connectivity index is 1.73. The van der Waals surface area contributed by atoms with Gasteiger partial charge in [-0.2, -0.15) is 0 Å². The molecule has 2 fully saturated rings. The third kappa shape index (κ3) is 2.93. The molecule has 0 aliphatic heterocycles. The molecule has 18 heavy (non-hydrogen) atoms. The highest BCUT2D eigenvalue weighted by Gasteiger charge is 2.30. The molecular formula is C12H18N2O2S2. The van der Waals surface area contributed by atoms with Crippen LogP contribution in [-0.4, -0.2) is 20.5 Å². The van der Waals surface area contributed by atoms with Gasteiger partial charge in [-0.25, -0.2) is 13.1 Å². The van der Waals surface area contributed by atoms with E-state index in [1.807, 2.05) is 13.0 Å². The van der Waals surface area contributed by atoms with Gasteiger partial charge in [0.05, 0.1) is 4.90 Å². The highest BCUT2D eigenvalue weighted by molar-refractivity contribution is 7.89. The van der Waals surface area contributed by atoms with E-state index in [-0.39, 0.29) is 6.04 Å². The Morgan fingerprint density at radius 3 is 2.56 bits per heavy atom. The number of nitrogens with one attached hydrogen (secondary N) is 2. The Hall–Kier alpha value is -0.430. The normalized spacial score (nSPS) is 20.3. The van der Waals surface area contributed by atoms with Crippen molar-refractivity contribution in [2.75, 3.05) is 0 Å². The topological polar surface area (TPSA) is 58.2 Å². The number of thiophene rings is 1. The van der Waals surface area contributed by atoms with Gasteiger partial charge in [0, 0.05) is 28.4 Å². The van der Waals surface area contributed by atoms with E-state index in [0.29, 0.717) is 10.9 Å². The van der Waals surface area contributed by atoms with Crippen LogP contribution in [0.3, 0.4) is 0 Å². The second-order valence-corrected chi connectivity index (χ2v) is 8.21. The van der Waals surface area contributed by atoms with Crippen LogP contribution in [0.2, 0.25) is 0 Å².